The van der Waals surface area contributed by atoms with E-state index in [2.05, 4.69) is 16.5 Å². The van der Waals surface area contributed by atoms with Crippen molar-refractivity contribution in [3.63, 3.8) is 0 Å². The van der Waals surface area contributed by atoms with Gasteiger partial charge in [0.25, 0.3) is 0 Å². The average Bonchev–Trinajstić information content (AvgIpc) is 2.58. The van der Waals surface area contributed by atoms with Gasteiger partial charge in [-0.25, -0.2) is 4.98 Å². The molecule has 1 aromatic heterocycles. The molecule has 1 heterocycles. The molecule has 0 spiro atoms. The highest BCUT2D eigenvalue weighted by Gasteiger charge is 2.14. The molecular weight excluding hydrogens is 243 g/mol. The van der Waals surface area contributed by atoms with Crippen molar-refractivity contribution in [3.8, 4) is 0 Å². The molecule has 0 N–H and O–H groups in total. The van der Waals surface area contributed by atoms with Crippen LogP contribution in [-0.4, -0.2) is 9.55 Å². The summed E-state index contributed by atoms with van der Waals surface area (Å²) in [6.45, 7) is 5.00. The third kappa shape index (κ3) is 2.04. The molecule has 0 aliphatic carbocycles. The summed E-state index contributed by atoms with van der Waals surface area (Å²) in [5, 5.41) is 0.649. The zero-order chi connectivity index (χ0) is 11.7. The van der Waals surface area contributed by atoms with Gasteiger partial charge in [-0.05, 0) is 31.5 Å². The molecular formula is C12H14Cl2N2. The van der Waals surface area contributed by atoms with Crippen molar-refractivity contribution in [1.82, 2.24) is 9.55 Å². The first-order chi connectivity index (χ1) is 7.63. The van der Waals surface area contributed by atoms with E-state index >= 15 is 0 Å². The number of imidazole rings is 1. The number of aromatic nitrogens is 2. The Morgan fingerprint density at radius 3 is 2.81 bits per heavy atom. The van der Waals surface area contributed by atoms with E-state index in [9.17, 15) is 0 Å². The maximum Gasteiger partial charge on any atom is 0.127 e. The van der Waals surface area contributed by atoms with Crippen LogP contribution in [0.4, 0.5) is 0 Å². The second-order valence-corrected chi connectivity index (χ2v) is 4.96. The number of fused-ring (bicyclic) bond motifs is 1. The Morgan fingerprint density at radius 1 is 1.44 bits per heavy atom. The fourth-order valence-corrected chi connectivity index (χ4v) is 2.21. The van der Waals surface area contributed by atoms with Crippen molar-refractivity contribution in [1.29, 1.82) is 0 Å². The van der Waals surface area contributed by atoms with Crippen molar-refractivity contribution in [3.05, 3.63) is 29.0 Å². The highest BCUT2D eigenvalue weighted by molar-refractivity contribution is 6.31. The summed E-state index contributed by atoms with van der Waals surface area (Å²) in [6.07, 6.45) is 1.05. The smallest absolute Gasteiger partial charge is 0.127 e. The standard InChI is InChI=1S/C12H14Cl2N2/c1-3-6-16-11-7-9(14)4-5-10(11)15-12(16)8(2)13/h4-5,7-8H,3,6H2,1-2H3. The quantitative estimate of drug-likeness (QED) is 0.745. The van der Waals surface area contributed by atoms with Crippen molar-refractivity contribution in [2.75, 3.05) is 0 Å². The molecule has 0 amide bonds. The van der Waals surface area contributed by atoms with E-state index in [1.54, 1.807) is 0 Å². The van der Waals surface area contributed by atoms with Crippen LogP contribution in [0.2, 0.25) is 5.02 Å². The van der Waals surface area contributed by atoms with Gasteiger partial charge in [0.2, 0.25) is 0 Å². The van der Waals surface area contributed by atoms with Crippen molar-refractivity contribution < 1.29 is 0 Å². The summed E-state index contributed by atoms with van der Waals surface area (Å²) < 4.78 is 2.15. The van der Waals surface area contributed by atoms with E-state index in [1.807, 2.05) is 25.1 Å². The second-order valence-electron chi connectivity index (χ2n) is 3.87. The summed E-state index contributed by atoms with van der Waals surface area (Å²) in [5.74, 6) is 0.917. The predicted molar refractivity (Wildman–Crippen MR) is 69.3 cm³/mol. The maximum absolute atomic E-state index is 6.14. The van der Waals surface area contributed by atoms with Crippen LogP contribution < -0.4 is 0 Å². The van der Waals surface area contributed by atoms with Gasteiger partial charge in [-0.2, -0.15) is 0 Å². The number of alkyl halides is 1. The molecule has 2 aromatic rings. The van der Waals surface area contributed by atoms with E-state index in [0.717, 1.165) is 34.8 Å². The van der Waals surface area contributed by atoms with E-state index in [4.69, 9.17) is 23.2 Å². The number of nitrogens with zero attached hydrogens (tertiary/aromatic N) is 2. The van der Waals surface area contributed by atoms with Crippen LogP contribution in [0.3, 0.4) is 0 Å². The number of rotatable bonds is 3. The van der Waals surface area contributed by atoms with Crippen LogP contribution in [0.15, 0.2) is 18.2 Å². The lowest BCUT2D eigenvalue weighted by atomic mass is 10.3. The van der Waals surface area contributed by atoms with Gasteiger partial charge >= 0.3 is 0 Å². The Hall–Kier alpha value is -0.730. The van der Waals surface area contributed by atoms with Gasteiger partial charge in [-0.15, -0.1) is 11.6 Å². The van der Waals surface area contributed by atoms with Gasteiger partial charge in [-0.1, -0.05) is 18.5 Å². The van der Waals surface area contributed by atoms with Gasteiger partial charge in [-0.3, -0.25) is 0 Å². The Balaban J connectivity index is 2.67. The Labute approximate surface area is 105 Å². The SMILES string of the molecule is CCCn1c(C(C)Cl)nc2ccc(Cl)cc21. The van der Waals surface area contributed by atoms with Gasteiger partial charge in [0.05, 0.1) is 16.4 Å². The fourth-order valence-electron chi connectivity index (χ4n) is 1.88. The molecule has 0 fully saturated rings. The third-order valence-electron chi connectivity index (χ3n) is 2.54. The molecule has 0 bridgehead atoms. The van der Waals surface area contributed by atoms with Gasteiger partial charge in [0, 0.05) is 11.6 Å². The lowest BCUT2D eigenvalue weighted by Gasteiger charge is -2.08. The monoisotopic (exact) mass is 256 g/mol. The summed E-state index contributed by atoms with van der Waals surface area (Å²) in [5.41, 5.74) is 2.03. The van der Waals surface area contributed by atoms with E-state index in [0.29, 0.717) is 0 Å². The number of benzene rings is 1. The molecule has 2 rings (SSSR count). The molecule has 0 aliphatic heterocycles. The molecule has 4 heteroatoms. The topological polar surface area (TPSA) is 17.8 Å². The molecule has 86 valence electrons. The van der Waals surface area contributed by atoms with Gasteiger partial charge in [0.15, 0.2) is 0 Å². The Kier molecular flexibility index (Phi) is 3.41. The van der Waals surface area contributed by atoms with Crippen LogP contribution in [0, 0.1) is 0 Å². The number of aryl methyl sites for hydroxylation is 1. The van der Waals surface area contributed by atoms with Gasteiger partial charge in [0.1, 0.15) is 5.82 Å². The molecule has 2 nitrogen and oxygen atoms in total. The zero-order valence-corrected chi connectivity index (χ0v) is 10.9. The summed E-state index contributed by atoms with van der Waals surface area (Å²) >= 11 is 12.1. The highest BCUT2D eigenvalue weighted by atomic mass is 35.5. The third-order valence-corrected chi connectivity index (χ3v) is 2.97. The predicted octanol–water partition coefficient (Wildman–Crippen LogP) is 4.40. The molecule has 0 saturated carbocycles. The zero-order valence-electron chi connectivity index (χ0n) is 9.37. The summed E-state index contributed by atoms with van der Waals surface area (Å²) in [4.78, 5) is 4.54. The lowest BCUT2D eigenvalue weighted by Crippen LogP contribution is -2.03. The van der Waals surface area contributed by atoms with Crippen LogP contribution in [0.25, 0.3) is 11.0 Å². The van der Waals surface area contributed by atoms with Crippen molar-refractivity contribution in [2.24, 2.45) is 0 Å². The Bertz CT molecular complexity index is 503. The second kappa shape index (κ2) is 4.64. The van der Waals surface area contributed by atoms with Crippen molar-refractivity contribution in [2.45, 2.75) is 32.2 Å². The normalized spacial score (nSPS) is 13.2. The first-order valence-electron chi connectivity index (χ1n) is 5.43. The largest absolute Gasteiger partial charge is 0.327 e. The molecule has 1 unspecified atom stereocenters. The number of hydrogen-bond donors (Lipinski definition) is 0. The first-order valence-corrected chi connectivity index (χ1v) is 6.24. The molecule has 1 aromatic carbocycles. The van der Waals surface area contributed by atoms with E-state index in [-0.39, 0.29) is 5.38 Å². The van der Waals surface area contributed by atoms with Crippen molar-refractivity contribution >= 4 is 34.2 Å². The van der Waals surface area contributed by atoms with Crippen LogP contribution in [0.5, 0.6) is 0 Å². The lowest BCUT2D eigenvalue weighted by molar-refractivity contribution is 0.654. The van der Waals surface area contributed by atoms with Gasteiger partial charge < -0.3 is 4.57 Å². The summed E-state index contributed by atoms with van der Waals surface area (Å²) in [7, 11) is 0. The average molecular weight is 257 g/mol. The van der Waals surface area contributed by atoms with E-state index in [1.165, 1.54) is 0 Å². The Morgan fingerprint density at radius 2 is 2.19 bits per heavy atom. The summed E-state index contributed by atoms with van der Waals surface area (Å²) in [6, 6.07) is 5.74. The molecule has 0 aliphatic rings. The van der Waals surface area contributed by atoms with Crippen LogP contribution >= 0.6 is 23.2 Å². The molecule has 0 saturated heterocycles. The first kappa shape index (κ1) is 11.7. The minimum absolute atomic E-state index is 0.0854. The maximum atomic E-state index is 6.14. The van der Waals surface area contributed by atoms with Crippen LogP contribution in [-0.2, 0) is 6.54 Å². The molecule has 0 radical (unpaired) electrons. The molecule has 16 heavy (non-hydrogen) atoms. The minimum atomic E-state index is -0.0854. The minimum Gasteiger partial charge on any atom is -0.327 e. The highest BCUT2D eigenvalue weighted by Crippen LogP contribution is 2.26. The fraction of sp³-hybridized carbons (Fsp3) is 0.417. The number of halogens is 2. The molecule has 1 atom stereocenters. The number of hydrogen-bond acceptors (Lipinski definition) is 1. The van der Waals surface area contributed by atoms with Crippen LogP contribution in [0.1, 0.15) is 31.5 Å². The van der Waals surface area contributed by atoms with E-state index < -0.39 is 0 Å².